The molecule has 1 aromatic carbocycles. The van der Waals surface area contributed by atoms with Crippen molar-refractivity contribution in [2.75, 3.05) is 18.9 Å². The van der Waals surface area contributed by atoms with Gasteiger partial charge in [0, 0.05) is 29.7 Å². The van der Waals surface area contributed by atoms with Crippen molar-refractivity contribution in [3.8, 4) is 16.2 Å². The highest BCUT2D eigenvalue weighted by Crippen LogP contribution is 2.39. The van der Waals surface area contributed by atoms with E-state index in [2.05, 4.69) is 60.4 Å². The fourth-order valence-corrected chi connectivity index (χ4v) is 5.41. The van der Waals surface area contributed by atoms with Crippen molar-refractivity contribution in [1.29, 1.82) is 0 Å². The van der Waals surface area contributed by atoms with Gasteiger partial charge in [0.1, 0.15) is 12.4 Å². The average molecular weight is 437 g/mol. The van der Waals surface area contributed by atoms with Gasteiger partial charge < -0.3 is 15.4 Å². The molecule has 164 valence electrons. The zero-order valence-electron chi connectivity index (χ0n) is 19.0. The lowest BCUT2D eigenvalue weighted by atomic mass is 9.74. The molecule has 0 unspecified atom stereocenters. The summed E-state index contributed by atoms with van der Waals surface area (Å²) in [5, 5.41) is 0.607. The van der Waals surface area contributed by atoms with E-state index in [0.717, 1.165) is 47.8 Å². The van der Waals surface area contributed by atoms with Crippen LogP contribution in [0.2, 0.25) is 0 Å². The third kappa shape index (κ3) is 4.54. The maximum absolute atomic E-state index is 6.10. The Morgan fingerprint density at radius 2 is 2.19 bits per heavy atom. The monoisotopic (exact) mass is 436 g/mol. The van der Waals surface area contributed by atoms with E-state index in [0.29, 0.717) is 11.7 Å². The summed E-state index contributed by atoms with van der Waals surface area (Å²) in [6.07, 6.45) is 4.89. The number of aryl methyl sites for hydroxylation is 1. The van der Waals surface area contributed by atoms with Gasteiger partial charge in [-0.3, -0.25) is 4.99 Å². The first-order valence-corrected chi connectivity index (χ1v) is 11.7. The Labute approximate surface area is 189 Å². The van der Waals surface area contributed by atoms with Gasteiger partial charge in [-0.25, -0.2) is 4.98 Å². The topological polar surface area (TPSA) is 63.7 Å². The summed E-state index contributed by atoms with van der Waals surface area (Å²) in [6, 6.07) is 6.42. The van der Waals surface area contributed by atoms with Gasteiger partial charge in [0.05, 0.1) is 17.1 Å². The number of thiazole rings is 1. The van der Waals surface area contributed by atoms with Gasteiger partial charge in [-0.1, -0.05) is 31.8 Å². The maximum Gasteiger partial charge on any atom is 0.180 e. The molecular formula is C25H32N4OS. The Kier molecular flexibility index (Phi) is 5.93. The molecule has 0 saturated heterocycles. The molecular weight excluding hydrogens is 404 g/mol. The zero-order valence-corrected chi connectivity index (χ0v) is 19.8. The number of hydrogen-bond donors (Lipinski definition) is 1. The van der Waals surface area contributed by atoms with Crippen molar-refractivity contribution < 1.29 is 4.74 Å². The van der Waals surface area contributed by atoms with Crippen molar-refractivity contribution in [3.05, 3.63) is 53.5 Å². The molecule has 4 rings (SSSR count). The minimum Gasteiger partial charge on any atom is -0.491 e. The van der Waals surface area contributed by atoms with Gasteiger partial charge in [-0.15, -0.1) is 0 Å². The third-order valence-corrected chi connectivity index (χ3v) is 7.36. The lowest BCUT2D eigenvalue weighted by Crippen LogP contribution is -2.30. The fraction of sp³-hybridized carbons (Fsp3) is 0.440. The van der Waals surface area contributed by atoms with Crippen LogP contribution in [0.25, 0.3) is 10.4 Å². The second kappa shape index (κ2) is 8.50. The number of nitrogens with two attached hydrogens (primary N) is 1. The SMILES string of the molecule is C=CN=C1CC(C)(C)CC/C1=C(/C)N1CCOc2ccc(-c3sc(N)nc3C)cc2C1. The predicted octanol–water partition coefficient (Wildman–Crippen LogP) is 5.96. The molecule has 31 heavy (non-hydrogen) atoms. The van der Waals surface area contributed by atoms with E-state index >= 15 is 0 Å². The lowest BCUT2D eigenvalue weighted by Gasteiger charge is -2.35. The van der Waals surface area contributed by atoms with E-state index in [1.54, 1.807) is 6.20 Å². The standard InChI is InChI=1S/C25H32N4OS/c1-6-27-21-14-25(4,5)10-9-20(21)17(3)29-11-12-30-22-8-7-18(13-19(22)15-29)23-16(2)28-24(26)31-23/h6-8,13H,1,9-12,14-15H2,2-5H3,(H2,26,28)/b20-17+,27-21?. The van der Waals surface area contributed by atoms with E-state index in [4.69, 9.17) is 10.5 Å². The normalized spacial score (nSPS) is 21.3. The smallest absolute Gasteiger partial charge is 0.180 e. The van der Waals surface area contributed by atoms with Crippen LogP contribution < -0.4 is 10.5 Å². The van der Waals surface area contributed by atoms with Gasteiger partial charge in [0.25, 0.3) is 0 Å². The summed E-state index contributed by atoms with van der Waals surface area (Å²) in [5.74, 6) is 0.962. The minimum absolute atomic E-state index is 0.281. The number of fused-ring (bicyclic) bond motifs is 1. The Morgan fingerprint density at radius 3 is 2.90 bits per heavy atom. The minimum atomic E-state index is 0.281. The summed E-state index contributed by atoms with van der Waals surface area (Å²) in [5.41, 5.74) is 13.4. The van der Waals surface area contributed by atoms with E-state index in [9.17, 15) is 0 Å². The molecule has 1 aromatic heterocycles. The quantitative estimate of drug-likeness (QED) is 0.644. The van der Waals surface area contributed by atoms with E-state index < -0.39 is 0 Å². The molecule has 2 N–H and O–H groups in total. The highest BCUT2D eigenvalue weighted by atomic mass is 32.1. The van der Waals surface area contributed by atoms with E-state index in [1.165, 1.54) is 40.3 Å². The first-order chi connectivity index (χ1) is 14.8. The fourth-order valence-electron chi connectivity index (χ4n) is 4.58. The summed E-state index contributed by atoms with van der Waals surface area (Å²) in [6.45, 7) is 15.1. The molecule has 2 aromatic rings. The van der Waals surface area contributed by atoms with Crippen LogP contribution in [0.15, 0.2) is 47.2 Å². The van der Waals surface area contributed by atoms with E-state index in [1.807, 2.05) is 6.92 Å². The van der Waals surface area contributed by atoms with Crippen LogP contribution in [0.3, 0.4) is 0 Å². The molecule has 0 atom stereocenters. The predicted molar refractivity (Wildman–Crippen MR) is 131 cm³/mol. The van der Waals surface area contributed by atoms with Crippen LogP contribution >= 0.6 is 11.3 Å². The first kappa shape index (κ1) is 21.6. The average Bonchev–Trinajstić information content (AvgIpc) is 2.92. The number of ether oxygens (including phenoxy) is 1. The number of rotatable bonds is 3. The van der Waals surface area contributed by atoms with Crippen molar-refractivity contribution >= 4 is 22.2 Å². The molecule has 0 spiro atoms. The number of aromatic nitrogens is 1. The molecule has 1 saturated carbocycles. The van der Waals surface area contributed by atoms with Crippen LogP contribution in [-0.4, -0.2) is 28.7 Å². The molecule has 2 aliphatic rings. The number of nitrogen functional groups attached to an aromatic ring is 1. The molecule has 2 heterocycles. The Morgan fingerprint density at radius 1 is 1.39 bits per heavy atom. The zero-order chi connectivity index (χ0) is 22.2. The number of benzene rings is 1. The lowest BCUT2D eigenvalue weighted by molar-refractivity contribution is 0.261. The Hall–Kier alpha value is -2.60. The number of hydrogen-bond acceptors (Lipinski definition) is 6. The molecule has 0 bridgehead atoms. The summed E-state index contributed by atoms with van der Waals surface area (Å²) < 4.78 is 6.10. The maximum atomic E-state index is 6.10. The van der Waals surface area contributed by atoms with Gasteiger partial charge in [-0.05, 0) is 67.9 Å². The molecule has 0 amide bonds. The molecule has 1 fully saturated rings. The number of allylic oxidation sites excluding steroid dienone is 2. The molecule has 1 aliphatic carbocycles. The van der Waals surface area contributed by atoms with Crippen molar-refractivity contribution in [1.82, 2.24) is 9.88 Å². The number of aliphatic imine (C=N–C) groups is 1. The summed E-state index contributed by atoms with van der Waals surface area (Å²) >= 11 is 1.54. The van der Waals surface area contributed by atoms with Crippen LogP contribution in [0.5, 0.6) is 5.75 Å². The Balaban J connectivity index is 1.67. The molecule has 1 aliphatic heterocycles. The largest absolute Gasteiger partial charge is 0.491 e. The van der Waals surface area contributed by atoms with Gasteiger partial charge in [-0.2, -0.15) is 0 Å². The first-order valence-electron chi connectivity index (χ1n) is 10.9. The summed E-state index contributed by atoms with van der Waals surface area (Å²) in [4.78, 5) is 12.6. The van der Waals surface area contributed by atoms with E-state index in [-0.39, 0.29) is 5.41 Å². The van der Waals surface area contributed by atoms with Crippen LogP contribution in [0, 0.1) is 12.3 Å². The van der Waals surface area contributed by atoms with Gasteiger partial charge >= 0.3 is 0 Å². The van der Waals surface area contributed by atoms with Gasteiger partial charge in [0.15, 0.2) is 5.13 Å². The highest BCUT2D eigenvalue weighted by molar-refractivity contribution is 7.18. The van der Waals surface area contributed by atoms with Crippen molar-refractivity contribution in [3.63, 3.8) is 0 Å². The number of anilines is 1. The van der Waals surface area contributed by atoms with Gasteiger partial charge in [0.2, 0.25) is 0 Å². The molecule has 6 heteroatoms. The number of nitrogens with zero attached hydrogens (tertiary/aromatic N) is 3. The Bertz CT molecular complexity index is 1060. The second-order valence-electron chi connectivity index (χ2n) is 9.22. The van der Waals surface area contributed by atoms with Crippen LogP contribution in [0.1, 0.15) is 51.3 Å². The highest BCUT2D eigenvalue weighted by Gasteiger charge is 2.30. The van der Waals surface area contributed by atoms with Crippen LogP contribution in [-0.2, 0) is 6.54 Å². The third-order valence-electron chi connectivity index (χ3n) is 6.32. The second-order valence-corrected chi connectivity index (χ2v) is 10.3. The van der Waals surface area contributed by atoms with Crippen molar-refractivity contribution in [2.24, 2.45) is 10.4 Å². The van der Waals surface area contributed by atoms with Crippen molar-refractivity contribution in [2.45, 2.75) is 53.5 Å². The molecule has 0 radical (unpaired) electrons. The summed E-state index contributed by atoms with van der Waals surface area (Å²) in [7, 11) is 0. The van der Waals surface area contributed by atoms with Crippen LogP contribution in [0.4, 0.5) is 5.13 Å². The molecule has 5 nitrogen and oxygen atoms in total.